The Kier molecular flexibility index (Phi) is 4.72. The summed E-state index contributed by atoms with van der Waals surface area (Å²) < 4.78 is 5.12. The molecular weight excluding hydrogens is 268 g/mol. The molecule has 0 aliphatic rings. The van der Waals surface area contributed by atoms with Crippen LogP contribution in [0, 0.1) is 0 Å². The van der Waals surface area contributed by atoms with Crippen LogP contribution in [0.3, 0.4) is 0 Å². The molecule has 0 saturated heterocycles. The highest BCUT2D eigenvalue weighted by Crippen LogP contribution is 2.22. The van der Waals surface area contributed by atoms with Gasteiger partial charge in [-0.2, -0.15) is 0 Å². The quantitative estimate of drug-likeness (QED) is 0.917. The lowest BCUT2D eigenvalue weighted by Gasteiger charge is -1.98. The Balaban J connectivity index is 2.19. The van der Waals surface area contributed by atoms with E-state index in [0.717, 1.165) is 32.6 Å². The van der Waals surface area contributed by atoms with E-state index in [1.807, 2.05) is 24.3 Å². The van der Waals surface area contributed by atoms with Gasteiger partial charge >= 0.3 is 0 Å². The van der Waals surface area contributed by atoms with E-state index in [1.165, 1.54) is 0 Å². The summed E-state index contributed by atoms with van der Waals surface area (Å²) in [5.41, 5.74) is 7.81. The van der Waals surface area contributed by atoms with Gasteiger partial charge < -0.3 is 10.5 Å². The summed E-state index contributed by atoms with van der Waals surface area (Å²) >= 11 is 7.61. The van der Waals surface area contributed by atoms with E-state index in [1.54, 1.807) is 18.4 Å². The van der Waals surface area contributed by atoms with Crippen molar-refractivity contribution in [3.05, 3.63) is 50.4 Å². The number of thiazole rings is 1. The zero-order valence-electron chi connectivity index (χ0n) is 10.1. The van der Waals surface area contributed by atoms with Crippen molar-refractivity contribution in [1.82, 2.24) is 4.98 Å². The lowest BCUT2D eigenvalue weighted by atomic mass is 10.2. The number of nitrogens with zero attached hydrogens (tertiary/aromatic N) is 1. The van der Waals surface area contributed by atoms with Crippen molar-refractivity contribution in [2.75, 3.05) is 7.11 Å². The van der Waals surface area contributed by atoms with Gasteiger partial charge in [-0.25, -0.2) is 4.98 Å². The second kappa shape index (κ2) is 6.29. The first-order valence-electron chi connectivity index (χ1n) is 5.64. The molecule has 1 aromatic heterocycles. The van der Waals surface area contributed by atoms with Gasteiger partial charge in [0.15, 0.2) is 0 Å². The second-order valence-corrected chi connectivity index (χ2v) is 5.53. The Morgan fingerprint density at radius 2 is 2.28 bits per heavy atom. The monoisotopic (exact) mass is 282 g/mol. The first-order chi connectivity index (χ1) is 8.72. The highest BCUT2D eigenvalue weighted by atomic mass is 35.5. The van der Waals surface area contributed by atoms with Gasteiger partial charge in [0, 0.05) is 30.0 Å². The minimum absolute atomic E-state index is 0.506. The number of methoxy groups -OCH3 is 1. The molecule has 0 atom stereocenters. The summed E-state index contributed by atoms with van der Waals surface area (Å²) in [7, 11) is 1.66. The molecule has 0 unspecified atom stereocenters. The zero-order chi connectivity index (χ0) is 13.0. The molecule has 0 aliphatic heterocycles. The molecule has 2 N–H and O–H groups in total. The van der Waals surface area contributed by atoms with Crippen molar-refractivity contribution >= 4 is 22.9 Å². The van der Waals surface area contributed by atoms with Gasteiger partial charge in [-0.1, -0.05) is 23.7 Å². The predicted octanol–water partition coefficient (Wildman–Crippen LogP) is 2.99. The van der Waals surface area contributed by atoms with Crippen LogP contribution in [0.5, 0.6) is 0 Å². The van der Waals surface area contributed by atoms with Gasteiger partial charge in [0.2, 0.25) is 0 Å². The maximum Gasteiger partial charge on any atom is 0.0976 e. The number of ether oxygens (including phenoxy) is 1. The van der Waals surface area contributed by atoms with E-state index >= 15 is 0 Å². The fraction of sp³-hybridized carbons (Fsp3) is 0.308. The largest absolute Gasteiger partial charge is 0.378 e. The van der Waals surface area contributed by atoms with Crippen LogP contribution in [0.2, 0.25) is 5.02 Å². The summed E-state index contributed by atoms with van der Waals surface area (Å²) in [6, 6.07) is 7.83. The molecule has 0 fully saturated rings. The van der Waals surface area contributed by atoms with Crippen LogP contribution < -0.4 is 5.73 Å². The third-order valence-corrected chi connectivity index (χ3v) is 3.89. The molecule has 18 heavy (non-hydrogen) atoms. The van der Waals surface area contributed by atoms with Gasteiger partial charge in [-0.05, 0) is 17.7 Å². The van der Waals surface area contributed by atoms with Gasteiger partial charge in [-0.15, -0.1) is 11.3 Å². The minimum Gasteiger partial charge on any atom is -0.378 e. The van der Waals surface area contributed by atoms with Crippen LogP contribution in [-0.2, 0) is 24.3 Å². The Bertz CT molecular complexity index is 527. The summed E-state index contributed by atoms with van der Waals surface area (Å²) in [5, 5.41) is 1.80. The maximum absolute atomic E-state index is 5.97. The van der Waals surface area contributed by atoms with Crippen molar-refractivity contribution in [3.8, 4) is 0 Å². The van der Waals surface area contributed by atoms with Crippen LogP contribution in [0.4, 0.5) is 0 Å². The topological polar surface area (TPSA) is 48.1 Å². The van der Waals surface area contributed by atoms with Gasteiger partial charge in [0.05, 0.1) is 17.3 Å². The van der Waals surface area contributed by atoms with Crippen LogP contribution in [0.15, 0.2) is 24.3 Å². The number of hydrogen-bond acceptors (Lipinski definition) is 4. The fourth-order valence-electron chi connectivity index (χ4n) is 1.74. The van der Waals surface area contributed by atoms with Crippen molar-refractivity contribution in [1.29, 1.82) is 0 Å². The molecule has 0 bridgehead atoms. The van der Waals surface area contributed by atoms with E-state index in [4.69, 9.17) is 22.1 Å². The van der Waals surface area contributed by atoms with E-state index in [9.17, 15) is 0 Å². The van der Waals surface area contributed by atoms with E-state index < -0.39 is 0 Å². The number of halogens is 1. The number of benzene rings is 1. The highest BCUT2D eigenvalue weighted by Gasteiger charge is 2.10. The Morgan fingerprint density at radius 3 is 2.94 bits per heavy atom. The summed E-state index contributed by atoms with van der Waals surface area (Å²) in [6.07, 6.45) is 0.780. The molecule has 0 aliphatic carbocycles. The maximum atomic E-state index is 5.97. The number of aromatic nitrogens is 1. The predicted molar refractivity (Wildman–Crippen MR) is 75.0 cm³/mol. The lowest BCUT2D eigenvalue weighted by Crippen LogP contribution is -1.99. The number of nitrogens with two attached hydrogens (primary N) is 1. The minimum atomic E-state index is 0.506. The Morgan fingerprint density at radius 1 is 1.44 bits per heavy atom. The fourth-order valence-corrected chi connectivity index (χ4v) is 2.94. The van der Waals surface area contributed by atoms with Crippen molar-refractivity contribution in [2.45, 2.75) is 19.6 Å². The molecule has 0 spiro atoms. The summed E-state index contributed by atoms with van der Waals surface area (Å²) in [6.45, 7) is 1.02. The van der Waals surface area contributed by atoms with Gasteiger partial charge in [-0.3, -0.25) is 0 Å². The van der Waals surface area contributed by atoms with E-state index in [0.29, 0.717) is 13.2 Å². The van der Waals surface area contributed by atoms with Crippen molar-refractivity contribution in [2.24, 2.45) is 5.73 Å². The molecule has 2 rings (SSSR count). The van der Waals surface area contributed by atoms with Gasteiger partial charge in [0.1, 0.15) is 0 Å². The van der Waals surface area contributed by atoms with Crippen molar-refractivity contribution < 1.29 is 4.74 Å². The molecule has 3 nitrogen and oxygen atoms in total. The van der Waals surface area contributed by atoms with Crippen LogP contribution in [-0.4, -0.2) is 12.1 Å². The molecule has 0 amide bonds. The number of rotatable bonds is 5. The normalized spacial score (nSPS) is 10.8. The third kappa shape index (κ3) is 3.29. The summed E-state index contributed by atoms with van der Waals surface area (Å²) in [5.74, 6) is 0. The van der Waals surface area contributed by atoms with Crippen LogP contribution >= 0.6 is 22.9 Å². The Hall–Kier alpha value is -0.940. The first-order valence-corrected chi connectivity index (χ1v) is 6.83. The number of hydrogen-bond donors (Lipinski definition) is 1. The first kappa shape index (κ1) is 13.5. The summed E-state index contributed by atoms with van der Waals surface area (Å²) in [4.78, 5) is 5.66. The highest BCUT2D eigenvalue weighted by molar-refractivity contribution is 7.11. The van der Waals surface area contributed by atoms with Crippen molar-refractivity contribution in [3.63, 3.8) is 0 Å². The Labute approximate surface area is 116 Å². The smallest absolute Gasteiger partial charge is 0.0976 e. The molecule has 5 heteroatoms. The second-order valence-electron chi connectivity index (χ2n) is 3.92. The SMILES string of the molecule is COCc1nc(Cc2cccc(Cl)c2)sc1CN. The average Bonchev–Trinajstić information content (AvgIpc) is 2.72. The average molecular weight is 283 g/mol. The molecule has 1 aromatic carbocycles. The molecule has 1 heterocycles. The van der Waals surface area contributed by atoms with E-state index in [-0.39, 0.29) is 0 Å². The third-order valence-electron chi connectivity index (χ3n) is 2.53. The van der Waals surface area contributed by atoms with Crippen LogP contribution in [0.25, 0.3) is 0 Å². The standard InChI is InChI=1S/C13H15ClN2OS/c1-17-8-11-12(7-15)18-13(16-11)6-9-3-2-4-10(14)5-9/h2-5H,6-8,15H2,1H3. The molecule has 0 saturated carbocycles. The molecular formula is C13H15ClN2OS. The van der Waals surface area contributed by atoms with Crippen LogP contribution in [0.1, 0.15) is 21.1 Å². The zero-order valence-corrected chi connectivity index (χ0v) is 11.7. The molecule has 2 aromatic rings. The van der Waals surface area contributed by atoms with Gasteiger partial charge in [0.25, 0.3) is 0 Å². The molecule has 96 valence electrons. The van der Waals surface area contributed by atoms with E-state index in [2.05, 4.69) is 4.98 Å². The molecule has 0 radical (unpaired) electrons. The lowest BCUT2D eigenvalue weighted by molar-refractivity contribution is 0.181.